The number of hydrogen-bond donors (Lipinski definition) is 2. The number of carbonyl (C=O) groups is 1. The highest BCUT2D eigenvalue weighted by molar-refractivity contribution is 8.00. The van der Waals surface area contributed by atoms with Crippen molar-refractivity contribution < 1.29 is 4.79 Å². The predicted molar refractivity (Wildman–Crippen MR) is 99.2 cm³/mol. The van der Waals surface area contributed by atoms with E-state index in [0.29, 0.717) is 11.7 Å². The van der Waals surface area contributed by atoms with Crippen LogP contribution in [0.15, 0.2) is 34.3 Å². The molecule has 3 rings (SSSR count). The first-order chi connectivity index (χ1) is 11.7. The molecule has 0 radical (unpaired) electrons. The number of nitrogens with zero attached hydrogens (tertiary/aromatic N) is 2. The number of hydrogen-bond acceptors (Lipinski definition) is 5. The summed E-state index contributed by atoms with van der Waals surface area (Å²) in [6.07, 6.45) is 8.24. The van der Waals surface area contributed by atoms with E-state index in [2.05, 4.69) is 26.6 Å². The summed E-state index contributed by atoms with van der Waals surface area (Å²) in [4.78, 5) is 17.7. The summed E-state index contributed by atoms with van der Waals surface area (Å²) in [7, 11) is 0. The Bertz CT molecular complexity index is 693. The standard InChI is InChI=1S/C17H22N4OS2/c1-12(16(22)18-10-9-13-6-3-2-4-7-13)24-17-19-15(20-21-17)14-8-5-11-23-14/h5-6,8,11-12H,2-4,7,9-10H2,1H3,(H,18,22)(H,19,20,21)/t12-/m0/s1. The molecule has 0 saturated carbocycles. The Morgan fingerprint density at radius 3 is 3.17 bits per heavy atom. The van der Waals surface area contributed by atoms with Gasteiger partial charge in [0.05, 0.1) is 10.1 Å². The summed E-state index contributed by atoms with van der Waals surface area (Å²) in [5.41, 5.74) is 1.48. The lowest BCUT2D eigenvalue weighted by molar-refractivity contribution is -0.120. The quantitative estimate of drug-likeness (QED) is 0.576. The second-order valence-electron chi connectivity index (χ2n) is 5.85. The van der Waals surface area contributed by atoms with Gasteiger partial charge in [-0.25, -0.2) is 4.98 Å². The van der Waals surface area contributed by atoms with Crippen molar-refractivity contribution >= 4 is 29.0 Å². The van der Waals surface area contributed by atoms with Crippen LogP contribution in [0.4, 0.5) is 0 Å². The van der Waals surface area contributed by atoms with E-state index in [-0.39, 0.29) is 11.2 Å². The average Bonchev–Trinajstić information content (AvgIpc) is 3.27. The molecule has 0 aromatic carbocycles. The minimum Gasteiger partial charge on any atom is -0.355 e. The molecule has 0 bridgehead atoms. The highest BCUT2D eigenvalue weighted by Gasteiger charge is 2.17. The lowest BCUT2D eigenvalue weighted by Crippen LogP contribution is -2.32. The minimum absolute atomic E-state index is 0.0406. The molecule has 1 aliphatic carbocycles. The molecule has 24 heavy (non-hydrogen) atoms. The fourth-order valence-electron chi connectivity index (χ4n) is 2.66. The van der Waals surface area contributed by atoms with E-state index in [1.807, 2.05) is 24.4 Å². The largest absolute Gasteiger partial charge is 0.355 e. The second-order valence-corrected chi connectivity index (χ2v) is 8.11. The van der Waals surface area contributed by atoms with Crippen LogP contribution in [-0.4, -0.2) is 32.9 Å². The van der Waals surface area contributed by atoms with E-state index in [1.165, 1.54) is 43.0 Å². The van der Waals surface area contributed by atoms with Crippen LogP contribution in [-0.2, 0) is 4.79 Å². The first-order valence-electron chi connectivity index (χ1n) is 8.31. The monoisotopic (exact) mass is 362 g/mol. The van der Waals surface area contributed by atoms with Crippen molar-refractivity contribution in [2.75, 3.05) is 6.54 Å². The molecule has 5 nitrogen and oxygen atoms in total. The first kappa shape index (κ1) is 17.2. The van der Waals surface area contributed by atoms with Gasteiger partial charge in [-0.05, 0) is 50.5 Å². The van der Waals surface area contributed by atoms with Gasteiger partial charge in [0.1, 0.15) is 0 Å². The molecule has 0 spiro atoms. The van der Waals surface area contributed by atoms with Gasteiger partial charge in [-0.1, -0.05) is 29.5 Å². The normalized spacial score (nSPS) is 15.8. The SMILES string of the molecule is C[C@H](Sc1n[nH]c(-c2cccs2)n1)C(=O)NCCC1=CCCCC1. The molecule has 1 atom stereocenters. The summed E-state index contributed by atoms with van der Waals surface area (Å²) in [5, 5.41) is 12.5. The topological polar surface area (TPSA) is 70.7 Å². The van der Waals surface area contributed by atoms with Gasteiger partial charge in [0.15, 0.2) is 5.82 Å². The molecule has 2 aromatic rings. The van der Waals surface area contributed by atoms with Gasteiger partial charge in [-0.2, -0.15) is 0 Å². The molecule has 1 amide bonds. The van der Waals surface area contributed by atoms with Gasteiger partial charge in [0.2, 0.25) is 11.1 Å². The zero-order chi connectivity index (χ0) is 16.8. The maximum atomic E-state index is 12.2. The fourth-order valence-corrected chi connectivity index (χ4v) is 4.07. The van der Waals surface area contributed by atoms with Crippen LogP contribution < -0.4 is 5.32 Å². The van der Waals surface area contributed by atoms with Crippen molar-refractivity contribution in [1.29, 1.82) is 0 Å². The third-order valence-corrected chi connectivity index (χ3v) is 5.84. The molecule has 0 saturated heterocycles. The van der Waals surface area contributed by atoms with Crippen LogP contribution in [0.2, 0.25) is 0 Å². The third kappa shape index (κ3) is 4.70. The van der Waals surface area contributed by atoms with Gasteiger partial charge in [-0.3, -0.25) is 9.89 Å². The van der Waals surface area contributed by atoms with Crippen molar-refractivity contribution in [2.45, 2.75) is 49.4 Å². The van der Waals surface area contributed by atoms with Crippen molar-refractivity contribution in [1.82, 2.24) is 20.5 Å². The highest BCUT2D eigenvalue weighted by Crippen LogP contribution is 2.25. The number of aromatic amines is 1. The van der Waals surface area contributed by atoms with Crippen LogP contribution >= 0.6 is 23.1 Å². The minimum atomic E-state index is -0.211. The summed E-state index contributed by atoms with van der Waals surface area (Å²) in [5.74, 6) is 0.795. The van der Waals surface area contributed by atoms with Crippen LogP contribution in [0.25, 0.3) is 10.7 Å². The van der Waals surface area contributed by atoms with Crippen molar-refractivity contribution in [3.05, 3.63) is 29.2 Å². The Morgan fingerprint density at radius 1 is 1.50 bits per heavy atom. The maximum absolute atomic E-state index is 12.2. The number of allylic oxidation sites excluding steroid dienone is 1. The van der Waals surface area contributed by atoms with E-state index in [9.17, 15) is 4.79 Å². The van der Waals surface area contributed by atoms with E-state index in [1.54, 1.807) is 11.3 Å². The number of amides is 1. The molecular formula is C17H22N4OS2. The predicted octanol–water partition coefficient (Wildman–Crippen LogP) is 4.02. The second kappa shape index (κ2) is 8.48. The van der Waals surface area contributed by atoms with Crippen molar-refractivity contribution in [3.63, 3.8) is 0 Å². The van der Waals surface area contributed by atoms with E-state index >= 15 is 0 Å². The molecule has 2 heterocycles. The summed E-state index contributed by atoms with van der Waals surface area (Å²) in [6.45, 7) is 2.60. The van der Waals surface area contributed by atoms with Crippen molar-refractivity contribution in [2.24, 2.45) is 0 Å². The third-order valence-electron chi connectivity index (χ3n) is 4.00. The zero-order valence-electron chi connectivity index (χ0n) is 13.7. The summed E-state index contributed by atoms with van der Waals surface area (Å²) < 4.78 is 0. The van der Waals surface area contributed by atoms with Gasteiger partial charge in [0, 0.05) is 6.54 Å². The Morgan fingerprint density at radius 2 is 2.42 bits per heavy atom. The smallest absolute Gasteiger partial charge is 0.233 e. The Labute approximate surface area is 150 Å². The number of thioether (sulfide) groups is 1. The molecule has 2 N–H and O–H groups in total. The summed E-state index contributed by atoms with van der Waals surface area (Å²) >= 11 is 2.99. The van der Waals surface area contributed by atoms with Crippen LogP contribution in [0.3, 0.4) is 0 Å². The molecule has 128 valence electrons. The first-order valence-corrected chi connectivity index (χ1v) is 10.1. The van der Waals surface area contributed by atoms with E-state index < -0.39 is 0 Å². The van der Waals surface area contributed by atoms with Gasteiger partial charge < -0.3 is 5.32 Å². The molecule has 2 aromatic heterocycles. The lowest BCUT2D eigenvalue weighted by atomic mass is 9.97. The van der Waals surface area contributed by atoms with Gasteiger partial charge >= 0.3 is 0 Å². The number of nitrogens with one attached hydrogen (secondary N) is 2. The van der Waals surface area contributed by atoms with Gasteiger partial charge in [-0.15, -0.1) is 16.4 Å². The lowest BCUT2D eigenvalue weighted by Gasteiger charge is -2.14. The van der Waals surface area contributed by atoms with Crippen LogP contribution in [0, 0.1) is 0 Å². The van der Waals surface area contributed by atoms with Gasteiger partial charge in [0.25, 0.3) is 0 Å². The number of carbonyl (C=O) groups excluding carboxylic acids is 1. The number of aromatic nitrogens is 3. The average molecular weight is 363 g/mol. The zero-order valence-corrected chi connectivity index (χ0v) is 15.4. The summed E-state index contributed by atoms with van der Waals surface area (Å²) in [6, 6.07) is 3.98. The van der Waals surface area contributed by atoms with Crippen LogP contribution in [0.5, 0.6) is 0 Å². The number of thiophene rings is 1. The number of H-pyrrole nitrogens is 1. The Balaban J connectivity index is 1.45. The van der Waals surface area contributed by atoms with Crippen molar-refractivity contribution in [3.8, 4) is 10.7 Å². The van der Waals surface area contributed by atoms with Crippen LogP contribution in [0.1, 0.15) is 39.0 Å². The van der Waals surface area contributed by atoms with E-state index in [0.717, 1.165) is 17.1 Å². The molecule has 0 unspecified atom stereocenters. The molecule has 1 aliphatic rings. The fraction of sp³-hybridized carbons (Fsp3) is 0.471. The molecule has 7 heteroatoms. The molecular weight excluding hydrogens is 340 g/mol. The Kier molecular flexibility index (Phi) is 6.09. The maximum Gasteiger partial charge on any atom is 0.233 e. The number of rotatable bonds is 7. The molecule has 0 fully saturated rings. The molecule has 0 aliphatic heterocycles. The highest BCUT2D eigenvalue weighted by atomic mass is 32.2. The van der Waals surface area contributed by atoms with E-state index in [4.69, 9.17) is 0 Å². The Hall–Kier alpha value is -1.60.